The van der Waals surface area contributed by atoms with Crippen molar-refractivity contribution in [3.05, 3.63) is 94.8 Å². The Kier molecular flexibility index (Phi) is 6.80. The molecule has 1 atom stereocenters. The van der Waals surface area contributed by atoms with Crippen molar-refractivity contribution in [2.24, 2.45) is 0 Å². The van der Waals surface area contributed by atoms with Gasteiger partial charge in [-0.2, -0.15) is 0 Å². The molecule has 1 N–H and O–H groups in total. The molecule has 0 fully saturated rings. The van der Waals surface area contributed by atoms with Crippen LogP contribution in [0.5, 0.6) is 11.5 Å². The molecule has 170 valence electrons. The number of aliphatic hydroxyl groups excluding tert-OH is 1. The highest BCUT2D eigenvalue weighted by atomic mass is 16.5. The van der Waals surface area contributed by atoms with Crippen LogP contribution in [0.3, 0.4) is 0 Å². The number of aliphatic hydroxyl groups is 1. The molecule has 3 aromatic carbocycles. The number of nitrogens with zero attached hydrogens (tertiary/aromatic N) is 2. The van der Waals surface area contributed by atoms with E-state index in [-0.39, 0.29) is 0 Å². The maximum absolute atomic E-state index is 11.1. The highest BCUT2D eigenvalue weighted by Crippen LogP contribution is 2.30. The van der Waals surface area contributed by atoms with Crippen molar-refractivity contribution in [1.82, 2.24) is 9.55 Å². The number of hydrogen-bond acceptors (Lipinski definition) is 4. The molecular formula is C28H30N2O3. The van der Waals surface area contributed by atoms with E-state index in [1.807, 2.05) is 67.6 Å². The fourth-order valence-electron chi connectivity index (χ4n) is 3.97. The molecule has 0 saturated heterocycles. The first-order valence-electron chi connectivity index (χ1n) is 11.2. The molecule has 0 amide bonds. The van der Waals surface area contributed by atoms with E-state index >= 15 is 0 Å². The number of fused-ring (bicyclic) bond motifs is 1. The average Bonchev–Trinajstić information content (AvgIpc) is 3.17. The molecule has 1 unspecified atom stereocenters. The lowest BCUT2D eigenvalue weighted by atomic mass is 10.1. The van der Waals surface area contributed by atoms with Gasteiger partial charge in [0, 0.05) is 0 Å². The zero-order chi connectivity index (χ0) is 23.4. The standard InChI is InChI=1S/C28H30N2O3/c1-5-9-21-12-13-25(26(18-21)32-4)33-15-14-30-24-17-20(3)19(2)16-23(24)29-28(30)27(31)22-10-7-6-8-11-22/h5-13,16-18,27,31H,14-15H2,1-4H3/b9-5+. The van der Waals surface area contributed by atoms with Crippen molar-refractivity contribution in [3.8, 4) is 11.5 Å². The monoisotopic (exact) mass is 442 g/mol. The van der Waals surface area contributed by atoms with Crippen molar-refractivity contribution < 1.29 is 14.6 Å². The zero-order valence-corrected chi connectivity index (χ0v) is 19.6. The maximum Gasteiger partial charge on any atom is 0.161 e. The third-order valence-electron chi connectivity index (χ3n) is 5.87. The van der Waals surface area contributed by atoms with Gasteiger partial charge in [-0.15, -0.1) is 0 Å². The molecule has 0 saturated carbocycles. The van der Waals surface area contributed by atoms with Crippen LogP contribution in [0.15, 0.2) is 66.7 Å². The molecule has 33 heavy (non-hydrogen) atoms. The van der Waals surface area contributed by atoms with Gasteiger partial charge in [0.15, 0.2) is 11.5 Å². The Morgan fingerprint density at radius 3 is 2.48 bits per heavy atom. The molecule has 1 aromatic heterocycles. The Hall–Kier alpha value is -3.57. The summed E-state index contributed by atoms with van der Waals surface area (Å²) in [6.45, 7) is 7.10. The predicted octanol–water partition coefficient (Wildman–Crippen LogP) is 5.86. The molecule has 5 heteroatoms. The van der Waals surface area contributed by atoms with Crippen molar-refractivity contribution >= 4 is 17.1 Å². The van der Waals surface area contributed by atoms with Crippen LogP contribution in [-0.2, 0) is 6.54 Å². The summed E-state index contributed by atoms with van der Waals surface area (Å²) in [6.07, 6.45) is 3.18. The predicted molar refractivity (Wildman–Crippen MR) is 133 cm³/mol. The minimum absolute atomic E-state index is 0.409. The highest BCUT2D eigenvalue weighted by molar-refractivity contribution is 5.78. The molecule has 0 radical (unpaired) electrons. The minimum atomic E-state index is -0.825. The van der Waals surface area contributed by atoms with Crippen LogP contribution in [0, 0.1) is 13.8 Å². The molecular weight excluding hydrogens is 412 g/mol. The molecule has 5 nitrogen and oxygen atoms in total. The summed E-state index contributed by atoms with van der Waals surface area (Å²) in [5.74, 6) is 1.99. The molecule has 0 aliphatic carbocycles. The highest BCUT2D eigenvalue weighted by Gasteiger charge is 2.20. The third kappa shape index (κ3) is 4.78. The van der Waals surface area contributed by atoms with E-state index in [4.69, 9.17) is 14.5 Å². The molecule has 0 aliphatic heterocycles. The Morgan fingerprint density at radius 1 is 1.00 bits per heavy atom. The van der Waals surface area contributed by atoms with Gasteiger partial charge in [-0.3, -0.25) is 0 Å². The summed E-state index contributed by atoms with van der Waals surface area (Å²) in [6, 6.07) is 19.7. The van der Waals surface area contributed by atoms with Crippen LogP contribution in [0.2, 0.25) is 0 Å². The first kappa shape index (κ1) is 22.6. The fraction of sp³-hybridized carbons (Fsp3) is 0.250. The lowest BCUT2D eigenvalue weighted by Crippen LogP contribution is -2.15. The van der Waals surface area contributed by atoms with E-state index in [0.29, 0.717) is 30.5 Å². The molecule has 4 aromatic rings. The van der Waals surface area contributed by atoms with Crippen LogP contribution >= 0.6 is 0 Å². The van der Waals surface area contributed by atoms with Crippen molar-refractivity contribution in [3.63, 3.8) is 0 Å². The first-order chi connectivity index (χ1) is 16.0. The summed E-state index contributed by atoms with van der Waals surface area (Å²) in [5.41, 5.74) is 6.09. The van der Waals surface area contributed by atoms with Crippen LogP contribution in [-0.4, -0.2) is 28.4 Å². The Bertz CT molecular complexity index is 1280. The number of benzene rings is 3. The number of allylic oxidation sites excluding steroid dienone is 1. The van der Waals surface area contributed by atoms with Crippen LogP contribution in [0.1, 0.15) is 41.1 Å². The van der Waals surface area contributed by atoms with E-state index in [0.717, 1.165) is 22.2 Å². The van der Waals surface area contributed by atoms with E-state index in [1.54, 1.807) is 7.11 Å². The van der Waals surface area contributed by atoms with Crippen molar-refractivity contribution in [2.45, 2.75) is 33.4 Å². The smallest absolute Gasteiger partial charge is 0.161 e. The van der Waals surface area contributed by atoms with Gasteiger partial charge in [-0.25, -0.2) is 4.98 Å². The number of methoxy groups -OCH3 is 1. The zero-order valence-electron chi connectivity index (χ0n) is 19.6. The van der Waals surface area contributed by atoms with Crippen LogP contribution < -0.4 is 9.47 Å². The second-order valence-corrected chi connectivity index (χ2v) is 8.12. The number of aromatic nitrogens is 2. The van der Waals surface area contributed by atoms with Crippen molar-refractivity contribution in [2.75, 3.05) is 13.7 Å². The summed E-state index contributed by atoms with van der Waals surface area (Å²) in [4.78, 5) is 4.81. The Balaban J connectivity index is 1.64. The van der Waals surface area contributed by atoms with Gasteiger partial charge in [-0.05, 0) is 67.3 Å². The Labute approximate surface area is 194 Å². The summed E-state index contributed by atoms with van der Waals surface area (Å²) in [7, 11) is 1.64. The summed E-state index contributed by atoms with van der Waals surface area (Å²) < 4.78 is 13.7. The normalized spacial score (nSPS) is 12.4. The van der Waals surface area contributed by atoms with Gasteiger partial charge in [0.05, 0.1) is 24.7 Å². The van der Waals surface area contributed by atoms with Gasteiger partial charge >= 0.3 is 0 Å². The number of rotatable bonds is 8. The van der Waals surface area contributed by atoms with Gasteiger partial charge in [-0.1, -0.05) is 48.6 Å². The molecule has 0 bridgehead atoms. The second-order valence-electron chi connectivity index (χ2n) is 8.12. The van der Waals surface area contributed by atoms with Gasteiger partial charge in [0.2, 0.25) is 0 Å². The number of aryl methyl sites for hydroxylation is 2. The lowest BCUT2D eigenvalue weighted by Gasteiger charge is -2.16. The quantitative estimate of drug-likeness (QED) is 0.372. The van der Waals surface area contributed by atoms with E-state index < -0.39 is 6.10 Å². The topological polar surface area (TPSA) is 56.5 Å². The Morgan fingerprint density at radius 2 is 1.76 bits per heavy atom. The van der Waals surface area contributed by atoms with Gasteiger partial charge in [0.25, 0.3) is 0 Å². The first-order valence-corrected chi connectivity index (χ1v) is 11.2. The number of imidazole rings is 1. The van der Waals surface area contributed by atoms with Gasteiger partial charge in [0.1, 0.15) is 18.5 Å². The fourth-order valence-corrected chi connectivity index (χ4v) is 3.97. The number of hydrogen-bond donors (Lipinski definition) is 1. The summed E-state index contributed by atoms with van der Waals surface area (Å²) >= 11 is 0. The van der Waals surface area contributed by atoms with Gasteiger partial charge < -0.3 is 19.1 Å². The average molecular weight is 443 g/mol. The lowest BCUT2D eigenvalue weighted by molar-refractivity contribution is 0.201. The maximum atomic E-state index is 11.1. The van der Waals surface area contributed by atoms with Crippen LogP contribution in [0.4, 0.5) is 0 Å². The van der Waals surface area contributed by atoms with E-state index in [2.05, 4.69) is 30.5 Å². The molecule has 0 aliphatic rings. The SMILES string of the molecule is C/C=C/c1ccc(OCCn2c(C(O)c3ccccc3)nc3cc(C)c(C)cc32)c(OC)c1. The third-order valence-corrected chi connectivity index (χ3v) is 5.87. The van der Waals surface area contributed by atoms with Crippen molar-refractivity contribution in [1.29, 1.82) is 0 Å². The number of ether oxygens (including phenoxy) is 2. The molecule has 4 rings (SSSR count). The van der Waals surface area contributed by atoms with Crippen LogP contribution in [0.25, 0.3) is 17.1 Å². The van der Waals surface area contributed by atoms with E-state index in [9.17, 15) is 5.11 Å². The molecule has 0 spiro atoms. The van der Waals surface area contributed by atoms with E-state index in [1.165, 1.54) is 11.1 Å². The largest absolute Gasteiger partial charge is 0.493 e. The summed E-state index contributed by atoms with van der Waals surface area (Å²) in [5, 5.41) is 11.1. The molecule has 1 heterocycles. The minimum Gasteiger partial charge on any atom is -0.493 e. The second kappa shape index (κ2) is 9.92.